The minimum absolute atomic E-state index is 0. The number of imidazole rings is 2. The van der Waals surface area contributed by atoms with Crippen molar-refractivity contribution in [1.29, 1.82) is 0 Å². The summed E-state index contributed by atoms with van der Waals surface area (Å²) in [7, 11) is 0. The van der Waals surface area contributed by atoms with Crippen molar-refractivity contribution in [2.45, 2.75) is 25.2 Å². The lowest BCUT2D eigenvalue weighted by Gasteiger charge is -2.14. The van der Waals surface area contributed by atoms with Gasteiger partial charge in [-0.15, -0.1) is 0 Å². The highest BCUT2D eigenvalue weighted by Crippen LogP contribution is 2.27. The van der Waals surface area contributed by atoms with Crippen LogP contribution >= 0.6 is 0 Å². The van der Waals surface area contributed by atoms with E-state index in [0.29, 0.717) is 24.7 Å². The van der Waals surface area contributed by atoms with Crippen LogP contribution in [0.4, 0.5) is 0 Å². The van der Waals surface area contributed by atoms with E-state index in [1.165, 1.54) is 22.3 Å². The molecule has 0 aliphatic heterocycles. The molecule has 8 nitrogen and oxygen atoms in total. The Hall–Kier alpha value is -5.60. The summed E-state index contributed by atoms with van der Waals surface area (Å²) in [5.74, 6) is 1.39. The van der Waals surface area contributed by atoms with Crippen LogP contribution in [-0.4, -0.2) is 24.8 Å². The quantitative estimate of drug-likeness (QED) is 0.218. The van der Waals surface area contributed by atoms with Gasteiger partial charge in [-0.1, -0.05) is 121 Å². The van der Waals surface area contributed by atoms with Crippen molar-refractivity contribution >= 4 is 0 Å². The van der Waals surface area contributed by atoms with E-state index in [0.717, 1.165) is 0 Å². The maximum absolute atomic E-state index is 4.76. The van der Waals surface area contributed by atoms with Crippen molar-refractivity contribution in [2.24, 2.45) is 0 Å². The van der Waals surface area contributed by atoms with Gasteiger partial charge in [-0.2, -0.15) is 0 Å². The van der Waals surface area contributed by atoms with Crippen LogP contribution in [0.5, 0.6) is 0 Å². The Kier molecular flexibility index (Phi) is 8.52. The number of nitrogens with zero attached hydrogens (tertiary/aromatic N) is 7. The molecule has 7 rings (SSSR count). The fourth-order valence-corrected chi connectivity index (χ4v) is 5.70. The largest absolute Gasteiger partial charge is 0.870 e. The van der Waals surface area contributed by atoms with Crippen LogP contribution in [0.2, 0.25) is 0 Å². The van der Waals surface area contributed by atoms with Gasteiger partial charge in [0.15, 0.2) is 12.1 Å². The number of hydrogen-bond acceptors (Lipinski definition) is 3. The Labute approximate surface area is 256 Å². The van der Waals surface area contributed by atoms with Gasteiger partial charge in [0.1, 0.15) is 37.9 Å². The monoisotopic (exact) mass is 579 g/mol. The van der Waals surface area contributed by atoms with Crippen molar-refractivity contribution < 1.29 is 14.6 Å². The van der Waals surface area contributed by atoms with Gasteiger partial charge in [-0.3, -0.25) is 0 Å². The maximum atomic E-state index is 4.76. The van der Waals surface area contributed by atoms with Crippen molar-refractivity contribution in [3.63, 3.8) is 0 Å². The van der Waals surface area contributed by atoms with Gasteiger partial charge < -0.3 is 20.7 Å². The lowest BCUT2D eigenvalue weighted by molar-refractivity contribution is -0.690. The Morgan fingerprint density at radius 3 is 1.14 bits per heavy atom. The van der Waals surface area contributed by atoms with E-state index in [4.69, 9.17) is 4.98 Å². The third-order valence-corrected chi connectivity index (χ3v) is 7.67. The third-order valence-electron chi connectivity index (χ3n) is 7.67. The zero-order valence-electron chi connectivity index (χ0n) is 24.2. The lowest BCUT2D eigenvalue weighted by atomic mass is 9.99. The Morgan fingerprint density at radius 2 is 0.818 bits per heavy atom. The first-order chi connectivity index (χ1) is 21.3. The molecule has 0 radical (unpaired) electrons. The molecule has 1 N–H and O–H groups in total. The molecule has 0 unspecified atom stereocenters. The number of aromatic nitrogens is 7. The first-order valence-electron chi connectivity index (χ1n) is 14.5. The molecule has 3 heterocycles. The molecule has 0 saturated heterocycles. The molecular weight excluding hydrogens is 546 g/mol. The second-order valence-corrected chi connectivity index (χ2v) is 10.7. The van der Waals surface area contributed by atoms with Crippen LogP contribution < -0.4 is 14.1 Å². The minimum atomic E-state index is 0. The Morgan fingerprint density at radius 1 is 0.500 bits per heavy atom. The molecule has 0 fully saturated rings. The van der Waals surface area contributed by atoms with Crippen LogP contribution in [0.25, 0.3) is 0 Å². The molecule has 0 atom stereocenters. The van der Waals surface area contributed by atoms with Crippen LogP contribution in [0.3, 0.4) is 0 Å². The molecule has 8 heteroatoms. The van der Waals surface area contributed by atoms with Crippen molar-refractivity contribution in [2.75, 3.05) is 0 Å². The summed E-state index contributed by atoms with van der Waals surface area (Å²) in [6.07, 6.45) is 12.6. The van der Waals surface area contributed by atoms with E-state index in [-0.39, 0.29) is 17.6 Å². The topological polar surface area (TPSA) is 87.5 Å². The molecular formula is C36H33N7O. The van der Waals surface area contributed by atoms with Crippen molar-refractivity contribution in [1.82, 2.24) is 24.3 Å². The minimum Gasteiger partial charge on any atom is -0.870 e. The molecule has 0 aliphatic rings. The predicted molar refractivity (Wildman–Crippen MR) is 165 cm³/mol. The molecule has 44 heavy (non-hydrogen) atoms. The van der Waals surface area contributed by atoms with E-state index in [9.17, 15) is 0 Å². The molecule has 0 aliphatic carbocycles. The standard InChI is InChI=1S/C36H32N7.H2O/c1-5-13-29(14-6-1)35(30-15-7-2-8-16-30)42-23-21-40(27-42)25-33-37-34(39-38-33)26-41-22-24-43(28-41)36(31-17-9-3-10-18-31)32-19-11-4-12-20-32;/h1-24,27-28,35-36H,25-26H2;1H2/q+1;/p-1. The molecule has 3 aromatic heterocycles. The summed E-state index contributed by atoms with van der Waals surface area (Å²) < 4.78 is 8.67. The van der Waals surface area contributed by atoms with E-state index in [1.54, 1.807) is 0 Å². The average molecular weight is 580 g/mol. The van der Waals surface area contributed by atoms with Gasteiger partial charge in [0.05, 0.1) is 0 Å². The maximum Gasteiger partial charge on any atom is 0.244 e. The summed E-state index contributed by atoms with van der Waals surface area (Å²) in [6.45, 7) is 1.10. The third kappa shape index (κ3) is 6.25. The molecule has 0 spiro atoms. The van der Waals surface area contributed by atoms with Gasteiger partial charge in [0.2, 0.25) is 12.7 Å². The van der Waals surface area contributed by atoms with Gasteiger partial charge in [-0.05, 0) is 0 Å². The summed E-state index contributed by atoms with van der Waals surface area (Å²) >= 11 is 0. The highest BCUT2D eigenvalue weighted by molar-refractivity contribution is 5.33. The second kappa shape index (κ2) is 13.1. The first kappa shape index (κ1) is 28.5. The highest BCUT2D eigenvalue weighted by atomic mass is 16.0. The number of hydrogen-bond donors (Lipinski definition) is 0. The van der Waals surface area contributed by atoms with Gasteiger partial charge in [0.25, 0.3) is 0 Å². The smallest absolute Gasteiger partial charge is 0.244 e. The molecule has 0 saturated carbocycles. The molecule has 7 aromatic rings. The predicted octanol–water partition coefficient (Wildman–Crippen LogP) is 4.81. The van der Waals surface area contributed by atoms with E-state index in [2.05, 4.69) is 187 Å². The lowest BCUT2D eigenvalue weighted by Crippen LogP contribution is -2.34. The van der Waals surface area contributed by atoms with Gasteiger partial charge >= 0.3 is 0 Å². The Balaban J connectivity index is 0.00000343. The number of rotatable bonds is 10. The van der Waals surface area contributed by atoms with E-state index < -0.39 is 0 Å². The fourth-order valence-electron chi connectivity index (χ4n) is 5.70. The molecule has 0 bridgehead atoms. The van der Waals surface area contributed by atoms with Crippen LogP contribution in [0, 0.1) is 0 Å². The Bertz CT molecular complexity index is 1660. The molecule has 4 aromatic carbocycles. The first-order valence-corrected chi connectivity index (χ1v) is 14.5. The summed E-state index contributed by atoms with van der Waals surface area (Å²) in [5.41, 5.74) is 4.93. The van der Waals surface area contributed by atoms with Crippen LogP contribution in [0.15, 0.2) is 159 Å². The zero-order valence-corrected chi connectivity index (χ0v) is 24.2. The SMILES string of the molecule is [OH-].c1ccc(C(c2ccccc2)n2cc[n+](Cc3nnc(C[n+]4ccn(C(c5ccccc5)c5ccccc5)c4)[n-]3)c2)cc1. The fraction of sp³-hybridized carbons (Fsp3) is 0.111. The van der Waals surface area contributed by atoms with E-state index >= 15 is 0 Å². The van der Waals surface area contributed by atoms with Gasteiger partial charge in [-0.25, -0.2) is 18.3 Å². The summed E-state index contributed by atoms with van der Waals surface area (Å²) in [6, 6.07) is 42.4. The van der Waals surface area contributed by atoms with Crippen molar-refractivity contribution in [3.05, 3.63) is 193 Å². The molecule has 0 amide bonds. The van der Waals surface area contributed by atoms with E-state index in [1.807, 2.05) is 0 Å². The summed E-state index contributed by atoms with van der Waals surface area (Å²) in [4.78, 5) is 4.76. The summed E-state index contributed by atoms with van der Waals surface area (Å²) in [5, 5.41) is 8.81. The second-order valence-electron chi connectivity index (χ2n) is 10.7. The highest BCUT2D eigenvalue weighted by Gasteiger charge is 2.22. The van der Waals surface area contributed by atoms with Crippen LogP contribution in [0.1, 0.15) is 46.0 Å². The zero-order chi connectivity index (χ0) is 28.8. The average Bonchev–Trinajstić information content (AvgIpc) is 3.83. The molecule has 218 valence electrons. The van der Waals surface area contributed by atoms with Gasteiger partial charge in [0, 0.05) is 33.9 Å². The van der Waals surface area contributed by atoms with Crippen molar-refractivity contribution in [3.8, 4) is 0 Å². The number of benzene rings is 4. The normalized spacial score (nSPS) is 11.1. The van der Waals surface area contributed by atoms with Crippen LogP contribution in [-0.2, 0) is 13.1 Å².